The Morgan fingerprint density at radius 3 is 2.29 bits per heavy atom. The average Bonchev–Trinajstić information content (AvgIpc) is 3.55. The minimum atomic E-state index is -4.93. The molecule has 7 nitrogen and oxygen atoms in total. The predicted octanol–water partition coefficient (Wildman–Crippen LogP) is 5.07. The summed E-state index contributed by atoms with van der Waals surface area (Å²) in [4.78, 5) is 13.4. The van der Waals surface area contributed by atoms with Crippen LogP contribution in [0.3, 0.4) is 0 Å². The second-order valence-electron chi connectivity index (χ2n) is 9.44. The van der Waals surface area contributed by atoms with E-state index in [-0.39, 0.29) is 29.5 Å². The van der Waals surface area contributed by atoms with Gasteiger partial charge in [-0.15, -0.1) is 13.2 Å². The van der Waals surface area contributed by atoms with Gasteiger partial charge in [0.05, 0.1) is 10.3 Å². The van der Waals surface area contributed by atoms with Crippen LogP contribution in [0.5, 0.6) is 17.2 Å². The molecule has 0 spiro atoms. The fraction of sp³-hybridized carbons (Fsp3) is 0.296. The van der Waals surface area contributed by atoms with E-state index in [2.05, 4.69) is 4.74 Å². The number of hydrogen-bond acceptors (Lipinski definition) is 6. The maximum atomic E-state index is 13.4. The summed E-state index contributed by atoms with van der Waals surface area (Å²) in [6.07, 6.45) is -3.61. The molecule has 0 unspecified atom stereocenters. The first-order valence-corrected chi connectivity index (χ1v) is 13.2. The number of alkyl halides is 3. The second kappa shape index (κ2) is 9.32. The lowest BCUT2D eigenvalue weighted by Gasteiger charge is -2.18. The van der Waals surface area contributed by atoms with Gasteiger partial charge in [-0.3, -0.25) is 4.79 Å². The van der Waals surface area contributed by atoms with Crippen molar-refractivity contribution in [2.24, 2.45) is 0 Å². The van der Waals surface area contributed by atoms with Crippen LogP contribution in [-0.4, -0.2) is 45.8 Å². The number of ketones is 1. The zero-order chi connectivity index (χ0) is 27.3. The van der Waals surface area contributed by atoms with Gasteiger partial charge < -0.3 is 14.2 Å². The summed E-state index contributed by atoms with van der Waals surface area (Å²) in [5, 5.41) is 0. The summed E-state index contributed by atoms with van der Waals surface area (Å²) in [7, 11) is -0.950. The first-order valence-electron chi connectivity index (χ1n) is 11.7. The van der Waals surface area contributed by atoms with Crippen molar-refractivity contribution in [2.75, 3.05) is 20.9 Å². The number of benzene rings is 3. The average molecular weight is 548 g/mol. The first-order chi connectivity index (χ1) is 17.9. The summed E-state index contributed by atoms with van der Waals surface area (Å²) in [5.74, 6) is 0.691. The van der Waals surface area contributed by atoms with Crippen molar-refractivity contribution in [3.05, 3.63) is 71.8 Å². The zero-order valence-corrected chi connectivity index (χ0v) is 21.4. The van der Waals surface area contributed by atoms with Crippen LogP contribution in [0.1, 0.15) is 24.0 Å². The molecule has 0 bridgehead atoms. The molecule has 1 heterocycles. The van der Waals surface area contributed by atoms with Crippen LogP contribution in [0, 0.1) is 0 Å². The molecule has 0 saturated heterocycles. The Hall–Kier alpha value is -3.57. The van der Waals surface area contributed by atoms with Crippen LogP contribution in [-0.2, 0) is 26.7 Å². The molecule has 3 aromatic carbocycles. The molecule has 1 saturated carbocycles. The van der Waals surface area contributed by atoms with Gasteiger partial charge in [0.1, 0.15) is 11.5 Å². The fourth-order valence-electron chi connectivity index (χ4n) is 4.55. The highest BCUT2D eigenvalue weighted by Crippen LogP contribution is 2.51. The van der Waals surface area contributed by atoms with Crippen molar-refractivity contribution in [3.8, 4) is 28.4 Å². The van der Waals surface area contributed by atoms with E-state index in [1.165, 1.54) is 56.6 Å². The van der Waals surface area contributed by atoms with Crippen LogP contribution in [0.2, 0.25) is 0 Å². The van der Waals surface area contributed by atoms with E-state index in [1.807, 2.05) is 12.1 Å². The summed E-state index contributed by atoms with van der Waals surface area (Å²) >= 11 is 0. The quantitative estimate of drug-likeness (QED) is 0.392. The lowest BCUT2D eigenvalue weighted by molar-refractivity contribution is -0.274. The van der Waals surface area contributed by atoms with Crippen LogP contribution in [0.25, 0.3) is 11.1 Å². The Bertz CT molecular complexity index is 1500. The number of rotatable bonds is 8. The lowest BCUT2D eigenvalue weighted by atomic mass is 9.87. The SMILES string of the molecule is CN(C)S(=O)(=O)c1ccc(-c2cc(CC(=O)C3(c4ccc5c(c4)OCO5)CC3)ccc2OC(F)(F)F)cc1. The monoisotopic (exact) mass is 547 g/mol. The van der Waals surface area contributed by atoms with E-state index in [9.17, 15) is 26.4 Å². The molecule has 0 atom stereocenters. The van der Waals surface area contributed by atoms with E-state index in [0.29, 0.717) is 35.5 Å². The van der Waals surface area contributed by atoms with Gasteiger partial charge in [0.15, 0.2) is 11.5 Å². The molecule has 5 rings (SSSR count). The first kappa shape index (κ1) is 26.1. The van der Waals surface area contributed by atoms with E-state index < -0.39 is 27.6 Å². The molecule has 38 heavy (non-hydrogen) atoms. The maximum Gasteiger partial charge on any atom is 0.573 e. The minimum absolute atomic E-state index is 0.000825. The lowest BCUT2D eigenvalue weighted by Crippen LogP contribution is -2.22. The number of carbonyl (C=O) groups excluding carboxylic acids is 1. The van der Waals surface area contributed by atoms with Gasteiger partial charge in [-0.05, 0) is 65.9 Å². The Labute approximate surface area is 217 Å². The molecule has 1 aliphatic carbocycles. The van der Waals surface area contributed by atoms with Crippen molar-refractivity contribution in [3.63, 3.8) is 0 Å². The van der Waals surface area contributed by atoms with Crippen LogP contribution < -0.4 is 14.2 Å². The number of hydrogen-bond donors (Lipinski definition) is 0. The van der Waals surface area contributed by atoms with Gasteiger partial charge in [0.2, 0.25) is 16.8 Å². The van der Waals surface area contributed by atoms with Crippen molar-refractivity contribution in [1.29, 1.82) is 0 Å². The Kier molecular flexibility index (Phi) is 6.39. The third kappa shape index (κ3) is 4.95. The topological polar surface area (TPSA) is 82.1 Å². The fourth-order valence-corrected chi connectivity index (χ4v) is 5.45. The molecule has 0 radical (unpaired) electrons. The van der Waals surface area contributed by atoms with Gasteiger partial charge in [0, 0.05) is 26.1 Å². The molecule has 0 amide bonds. The van der Waals surface area contributed by atoms with Gasteiger partial charge in [0.25, 0.3) is 0 Å². The van der Waals surface area contributed by atoms with Crippen molar-refractivity contribution in [2.45, 2.75) is 35.9 Å². The molecule has 11 heteroatoms. The Morgan fingerprint density at radius 1 is 0.974 bits per heavy atom. The summed E-state index contributed by atoms with van der Waals surface area (Å²) in [6.45, 7) is 0.122. The van der Waals surface area contributed by atoms with Crippen LogP contribution in [0.4, 0.5) is 13.2 Å². The molecule has 0 N–H and O–H groups in total. The molecule has 1 fully saturated rings. The van der Waals surface area contributed by atoms with Gasteiger partial charge in [-0.2, -0.15) is 0 Å². The molecule has 3 aromatic rings. The van der Waals surface area contributed by atoms with E-state index in [1.54, 1.807) is 6.07 Å². The third-order valence-corrected chi connectivity index (χ3v) is 8.62. The van der Waals surface area contributed by atoms with Gasteiger partial charge in [-0.25, -0.2) is 12.7 Å². The number of carbonyl (C=O) groups is 1. The summed E-state index contributed by atoms with van der Waals surface area (Å²) < 4.78 is 80.2. The molecular weight excluding hydrogens is 523 g/mol. The molecular formula is C27H24F3NO6S. The number of halogens is 3. The van der Waals surface area contributed by atoms with Crippen LogP contribution >= 0.6 is 0 Å². The standard InChI is InChI=1S/C27H24F3NO6S/c1-31(2)38(33,34)20-7-4-18(5-8-20)21-13-17(3-9-22(21)37-27(28,29)30)14-25(32)26(11-12-26)19-6-10-23-24(15-19)36-16-35-23/h3-10,13,15H,11-12,14,16H2,1-2H3. The predicted molar refractivity (Wildman–Crippen MR) is 132 cm³/mol. The number of fused-ring (bicyclic) bond motifs is 1. The van der Waals surface area contributed by atoms with Crippen LogP contribution in [0.15, 0.2) is 65.6 Å². The zero-order valence-electron chi connectivity index (χ0n) is 20.5. The summed E-state index contributed by atoms with van der Waals surface area (Å²) in [6, 6.07) is 15.0. The van der Waals surface area contributed by atoms with Crippen molar-refractivity contribution < 1.29 is 40.6 Å². The normalized spacial score (nSPS) is 15.9. The highest BCUT2D eigenvalue weighted by molar-refractivity contribution is 7.89. The van der Waals surface area contributed by atoms with Gasteiger partial charge >= 0.3 is 6.36 Å². The van der Waals surface area contributed by atoms with Crippen molar-refractivity contribution in [1.82, 2.24) is 4.31 Å². The second-order valence-corrected chi connectivity index (χ2v) is 11.6. The number of Topliss-reactive ketones (excluding diaryl/α,β-unsaturated/α-hetero) is 1. The van der Waals surface area contributed by atoms with E-state index >= 15 is 0 Å². The molecule has 1 aliphatic heterocycles. The summed E-state index contributed by atoms with van der Waals surface area (Å²) in [5.41, 5.74) is 1.06. The largest absolute Gasteiger partial charge is 0.573 e. The Balaban J connectivity index is 1.45. The highest BCUT2D eigenvalue weighted by Gasteiger charge is 2.50. The smallest absolute Gasteiger partial charge is 0.454 e. The van der Waals surface area contributed by atoms with Crippen molar-refractivity contribution >= 4 is 15.8 Å². The highest BCUT2D eigenvalue weighted by atomic mass is 32.2. The maximum absolute atomic E-state index is 13.4. The molecule has 2 aliphatic rings. The van der Waals surface area contributed by atoms with Gasteiger partial charge in [-0.1, -0.05) is 24.3 Å². The van der Waals surface area contributed by atoms with E-state index in [0.717, 1.165) is 9.87 Å². The Morgan fingerprint density at radius 2 is 1.66 bits per heavy atom. The molecule has 0 aromatic heterocycles. The third-order valence-electron chi connectivity index (χ3n) is 6.79. The number of ether oxygens (including phenoxy) is 3. The minimum Gasteiger partial charge on any atom is -0.454 e. The number of nitrogens with zero attached hydrogens (tertiary/aromatic N) is 1. The van der Waals surface area contributed by atoms with E-state index in [4.69, 9.17) is 9.47 Å². The number of sulfonamides is 1. The molecule has 200 valence electrons.